The first-order valence-corrected chi connectivity index (χ1v) is 5.73. The molecule has 0 aliphatic heterocycles. The van der Waals surface area contributed by atoms with Crippen LogP contribution < -0.4 is 11.1 Å². The second kappa shape index (κ2) is 4.65. The van der Waals surface area contributed by atoms with Crippen LogP contribution in [-0.4, -0.2) is 5.91 Å². The zero-order chi connectivity index (χ0) is 14.1. The minimum Gasteiger partial charge on any atom is -0.391 e. The highest BCUT2D eigenvalue weighted by Gasteiger charge is 2.15. The van der Waals surface area contributed by atoms with Crippen LogP contribution in [0.25, 0.3) is 11.2 Å². The van der Waals surface area contributed by atoms with Crippen molar-refractivity contribution in [3.8, 4) is 0 Å². The molecule has 100 valence electrons. The SMILES string of the molecule is O=C(Nc1cccc(F)c1)c1cccc2oc(=O)oc12. The Hall–Kier alpha value is -2.89. The van der Waals surface area contributed by atoms with Crippen molar-refractivity contribution in [2.75, 3.05) is 5.32 Å². The second-order valence-corrected chi connectivity index (χ2v) is 4.05. The lowest BCUT2D eigenvalue weighted by molar-refractivity contribution is 0.102. The number of nitrogens with one attached hydrogen (secondary N) is 1. The van der Waals surface area contributed by atoms with Gasteiger partial charge in [-0.3, -0.25) is 4.79 Å². The van der Waals surface area contributed by atoms with Crippen LogP contribution in [-0.2, 0) is 0 Å². The minimum atomic E-state index is -0.883. The lowest BCUT2D eigenvalue weighted by Gasteiger charge is -2.04. The van der Waals surface area contributed by atoms with E-state index in [1.807, 2.05) is 0 Å². The first kappa shape index (κ1) is 12.2. The van der Waals surface area contributed by atoms with E-state index in [1.54, 1.807) is 12.1 Å². The maximum absolute atomic E-state index is 13.1. The van der Waals surface area contributed by atoms with Gasteiger partial charge in [0.05, 0.1) is 5.56 Å². The molecule has 1 aromatic heterocycles. The predicted octanol–water partition coefficient (Wildman–Crippen LogP) is 2.78. The summed E-state index contributed by atoms with van der Waals surface area (Å²) in [7, 11) is 0. The molecule has 1 heterocycles. The molecule has 5 nitrogen and oxygen atoms in total. The molecule has 0 saturated heterocycles. The summed E-state index contributed by atoms with van der Waals surface area (Å²) in [6.07, 6.45) is 0. The molecule has 3 aromatic rings. The first-order valence-electron chi connectivity index (χ1n) is 5.73. The zero-order valence-electron chi connectivity index (χ0n) is 10.1. The molecule has 6 heteroatoms. The fourth-order valence-corrected chi connectivity index (χ4v) is 1.84. The molecule has 2 aromatic carbocycles. The molecule has 0 fully saturated rings. The summed E-state index contributed by atoms with van der Waals surface area (Å²) in [4.78, 5) is 23.2. The molecule has 0 radical (unpaired) electrons. The molecular formula is C14H8FNO4. The van der Waals surface area contributed by atoms with Crippen molar-refractivity contribution in [2.24, 2.45) is 0 Å². The Kier molecular flexibility index (Phi) is 2.83. The molecule has 0 aliphatic rings. The van der Waals surface area contributed by atoms with Crippen molar-refractivity contribution < 1.29 is 18.0 Å². The van der Waals surface area contributed by atoms with E-state index >= 15 is 0 Å². The molecule has 3 rings (SSSR count). The summed E-state index contributed by atoms with van der Waals surface area (Å²) < 4.78 is 22.6. The molecule has 1 amide bonds. The standard InChI is InChI=1S/C14H8FNO4/c15-8-3-1-4-9(7-8)16-13(17)10-5-2-6-11-12(10)20-14(18)19-11/h1-7H,(H,16,17). The summed E-state index contributed by atoms with van der Waals surface area (Å²) in [6.45, 7) is 0. The minimum absolute atomic E-state index is 0.0615. The van der Waals surface area contributed by atoms with E-state index in [0.717, 1.165) is 0 Å². The lowest BCUT2D eigenvalue weighted by atomic mass is 10.2. The maximum atomic E-state index is 13.1. The zero-order valence-corrected chi connectivity index (χ0v) is 10.1. The van der Waals surface area contributed by atoms with Crippen LogP contribution in [0.1, 0.15) is 10.4 Å². The predicted molar refractivity (Wildman–Crippen MR) is 69.1 cm³/mol. The van der Waals surface area contributed by atoms with Crippen LogP contribution in [0, 0.1) is 5.82 Å². The van der Waals surface area contributed by atoms with E-state index in [9.17, 15) is 14.0 Å². The van der Waals surface area contributed by atoms with Crippen LogP contribution in [0.5, 0.6) is 0 Å². The molecule has 20 heavy (non-hydrogen) atoms. The highest BCUT2D eigenvalue weighted by Crippen LogP contribution is 2.19. The summed E-state index contributed by atoms with van der Waals surface area (Å²) in [6, 6.07) is 10.0. The van der Waals surface area contributed by atoms with Gasteiger partial charge in [0.2, 0.25) is 0 Å². The number of anilines is 1. The largest absolute Gasteiger partial charge is 0.519 e. The van der Waals surface area contributed by atoms with Gasteiger partial charge in [0.25, 0.3) is 5.91 Å². The molecule has 1 N–H and O–H groups in total. The quantitative estimate of drug-likeness (QED) is 0.779. The van der Waals surface area contributed by atoms with Gasteiger partial charge >= 0.3 is 5.82 Å². The van der Waals surface area contributed by atoms with Gasteiger partial charge < -0.3 is 14.2 Å². The lowest BCUT2D eigenvalue weighted by Crippen LogP contribution is -2.12. The molecule has 0 spiro atoms. The highest BCUT2D eigenvalue weighted by atomic mass is 19.1. The number of carbonyl (C=O) groups is 1. The summed E-state index contributed by atoms with van der Waals surface area (Å²) in [5.74, 6) is -1.87. The van der Waals surface area contributed by atoms with E-state index < -0.39 is 17.5 Å². The van der Waals surface area contributed by atoms with Crippen LogP contribution in [0.15, 0.2) is 56.1 Å². The number of benzene rings is 2. The third-order valence-electron chi connectivity index (χ3n) is 2.68. The normalized spacial score (nSPS) is 10.7. The van der Waals surface area contributed by atoms with E-state index in [4.69, 9.17) is 8.83 Å². The Balaban J connectivity index is 1.98. The molecule has 0 aliphatic carbocycles. The number of carbonyl (C=O) groups excluding carboxylic acids is 1. The number of para-hydroxylation sites is 1. The molecule has 0 bridgehead atoms. The van der Waals surface area contributed by atoms with Crippen molar-refractivity contribution >= 4 is 22.8 Å². The number of fused-ring (bicyclic) bond motifs is 1. The van der Waals surface area contributed by atoms with E-state index in [0.29, 0.717) is 5.69 Å². The Morgan fingerprint density at radius 2 is 1.90 bits per heavy atom. The van der Waals surface area contributed by atoms with E-state index in [1.165, 1.54) is 30.3 Å². The van der Waals surface area contributed by atoms with Gasteiger partial charge in [0.15, 0.2) is 11.2 Å². The van der Waals surface area contributed by atoms with Crippen LogP contribution >= 0.6 is 0 Å². The smallest absolute Gasteiger partial charge is 0.391 e. The Labute approximate surface area is 111 Å². The Morgan fingerprint density at radius 1 is 1.10 bits per heavy atom. The third kappa shape index (κ3) is 2.18. The summed E-state index contributed by atoms with van der Waals surface area (Å²) in [5, 5.41) is 2.52. The molecular weight excluding hydrogens is 265 g/mol. The summed E-state index contributed by atoms with van der Waals surface area (Å²) in [5.41, 5.74) is 0.684. The van der Waals surface area contributed by atoms with Crippen LogP contribution in [0.4, 0.5) is 10.1 Å². The van der Waals surface area contributed by atoms with Gasteiger partial charge in [-0.05, 0) is 30.3 Å². The van der Waals surface area contributed by atoms with Crippen molar-refractivity contribution in [3.63, 3.8) is 0 Å². The van der Waals surface area contributed by atoms with Gasteiger partial charge in [0, 0.05) is 5.69 Å². The van der Waals surface area contributed by atoms with Crippen molar-refractivity contribution in [1.82, 2.24) is 0 Å². The highest BCUT2D eigenvalue weighted by molar-refractivity contribution is 6.10. The number of rotatable bonds is 2. The van der Waals surface area contributed by atoms with Crippen LogP contribution in [0.3, 0.4) is 0 Å². The third-order valence-corrected chi connectivity index (χ3v) is 2.68. The van der Waals surface area contributed by atoms with Gasteiger partial charge in [0.1, 0.15) is 5.82 Å². The number of hydrogen-bond acceptors (Lipinski definition) is 4. The fraction of sp³-hybridized carbons (Fsp3) is 0. The summed E-state index contributed by atoms with van der Waals surface area (Å²) >= 11 is 0. The van der Waals surface area contributed by atoms with Gasteiger partial charge in [-0.1, -0.05) is 12.1 Å². The number of amides is 1. The first-order chi connectivity index (χ1) is 9.63. The maximum Gasteiger partial charge on any atom is 0.519 e. The van der Waals surface area contributed by atoms with Gasteiger partial charge in [-0.2, -0.15) is 0 Å². The monoisotopic (exact) mass is 273 g/mol. The van der Waals surface area contributed by atoms with Crippen LogP contribution in [0.2, 0.25) is 0 Å². The molecule has 0 unspecified atom stereocenters. The number of hydrogen-bond donors (Lipinski definition) is 1. The van der Waals surface area contributed by atoms with Crippen molar-refractivity contribution in [2.45, 2.75) is 0 Å². The van der Waals surface area contributed by atoms with Crippen molar-refractivity contribution in [1.29, 1.82) is 0 Å². The Morgan fingerprint density at radius 3 is 2.70 bits per heavy atom. The molecule has 0 saturated carbocycles. The second-order valence-electron chi connectivity index (χ2n) is 4.05. The Bertz CT molecular complexity index is 850. The molecule has 0 atom stereocenters. The van der Waals surface area contributed by atoms with Gasteiger partial charge in [-0.15, -0.1) is 0 Å². The number of halogens is 1. The van der Waals surface area contributed by atoms with Crippen molar-refractivity contribution in [3.05, 3.63) is 64.5 Å². The van der Waals surface area contributed by atoms with E-state index in [-0.39, 0.29) is 16.7 Å². The average Bonchev–Trinajstić information content (AvgIpc) is 2.78. The fourth-order valence-electron chi connectivity index (χ4n) is 1.84. The average molecular weight is 273 g/mol. The van der Waals surface area contributed by atoms with Gasteiger partial charge in [-0.25, -0.2) is 9.18 Å². The topological polar surface area (TPSA) is 72.5 Å². The van der Waals surface area contributed by atoms with E-state index in [2.05, 4.69) is 5.32 Å².